The molecule has 8 heteroatoms. The topological polar surface area (TPSA) is 86.1 Å². The zero-order valence-corrected chi connectivity index (χ0v) is 14.7. The standard InChI is InChI=1S/C13H19BrN4O2S/c1-4-5-16-13-12(6-11(14)8-17-13)21(19,20)18(3)9-10(2)7-15/h6,8,10H,4-5,9H2,1-3H3,(H,16,17). The summed E-state index contributed by atoms with van der Waals surface area (Å²) >= 11 is 3.25. The van der Waals surface area contributed by atoms with E-state index in [1.807, 2.05) is 13.0 Å². The number of anilines is 1. The highest BCUT2D eigenvalue weighted by molar-refractivity contribution is 9.10. The lowest BCUT2D eigenvalue weighted by Crippen LogP contribution is -2.31. The van der Waals surface area contributed by atoms with Crippen LogP contribution in [0.15, 0.2) is 21.6 Å². The second-order valence-electron chi connectivity index (χ2n) is 4.74. The lowest BCUT2D eigenvalue weighted by atomic mass is 10.2. The van der Waals surface area contributed by atoms with Gasteiger partial charge in [-0.3, -0.25) is 0 Å². The van der Waals surface area contributed by atoms with E-state index in [-0.39, 0.29) is 17.4 Å². The van der Waals surface area contributed by atoms with Crippen LogP contribution in [-0.4, -0.2) is 37.8 Å². The summed E-state index contributed by atoms with van der Waals surface area (Å²) in [6, 6.07) is 3.55. The van der Waals surface area contributed by atoms with E-state index in [4.69, 9.17) is 5.26 Å². The minimum absolute atomic E-state index is 0.109. The molecule has 1 aromatic heterocycles. The van der Waals surface area contributed by atoms with Crippen LogP contribution in [0.25, 0.3) is 0 Å². The number of nitriles is 1. The van der Waals surface area contributed by atoms with Crippen LogP contribution in [0, 0.1) is 17.2 Å². The summed E-state index contributed by atoms with van der Waals surface area (Å²) in [5, 5.41) is 11.8. The maximum Gasteiger partial charge on any atom is 0.246 e. The molecule has 0 fully saturated rings. The van der Waals surface area contributed by atoms with Gasteiger partial charge >= 0.3 is 0 Å². The monoisotopic (exact) mass is 374 g/mol. The van der Waals surface area contributed by atoms with Crippen molar-refractivity contribution in [2.75, 3.05) is 25.5 Å². The summed E-state index contributed by atoms with van der Waals surface area (Å²) in [6.45, 7) is 4.44. The summed E-state index contributed by atoms with van der Waals surface area (Å²) in [4.78, 5) is 4.24. The van der Waals surface area contributed by atoms with Crippen LogP contribution in [0.1, 0.15) is 20.3 Å². The number of pyridine rings is 1. The van der Waals surface area contributed by atoms with Crippen molar-refractivity contribution in [3.63, 3.8) is 0 Å². The second kappa shape index (κ2) is 7.73. The summed E-state index contributed by atoms with van der Waals surface area (Å²) in [5.74, 6) is -0.0477. The third-order valence-electron chi connectivity index (χ3n) is 2.80. The first-order chi connectivity index (χ1) is 9.82. The van der Waals surface area contributed by atoms with E-state index < -0.39 is 10.0 Å². The Bertz CT molecular complexity index is 628. The van der Waals surface area contributed by atoms with Crippen molar-refractivity contribution in [1.82, 2.24) is 9.29 Å². The SMILES string of the molecule is CCCNc1ncc(Br)cc1S(=O)(=O)N(C)CC(C)C#N. The quantitative estimate of drug-likeness (QED) is 0.791. The Morgan fingerprint density at radius 3 is 2.81 bits per heavy atom. The second-order valence-corrected chi connectivity index (χ2v) is 7.67. The van der Waals surface area contributed by atoms with E-state index in [1.165, 1.54) is 17.4 Å². The first-order valence-corrected chi connectivity index (χ1v) is 8.81. The van der Waals surface area contributed by atoms with Gasteiger partial charge in [-0.05, 0) is 35.3 Å². The third-order valence-corrected chi connectivity index (χ3v) is 5.07. The molecule has 1 atom stereocenters. The lowest BCUT2D eigenvalue weighted by Gasteiger charge is -2.20. The maximum absolute atomic E-state index is 12.6. The minimum Gasteiger partial charge on any atom is -0.369 e. The molecule has 21 heavy (non-hydrogen) atoms. The van der Waals surface area contributed by atoms with Crippen LogP contribution >= 0.6 is 15.9 Å². The molecule has 0 aliphatic heterocycles. The zero-order chi connectivity index (χ0) is 16.0. The minimum atomic E-state index is -3.70. The molecule has 1 unspecified atom stereocenters. The first kappa shape index (κ1) is 17.9. The van der Waals surface area contributed by atoms with Gasteiger partial charge in [0.1, 0.15) is 10.7 Å². The molecule has 0 saturated carbocycles. The smallest absolute Gasteiger partial charge is 0.246 e. The Kier molecular flexibility index (Phi) is 6.58. The molecule has 0 amide bonds. The van der Waals surface area contributed by atoms with Gasteiger partial charge in [-0.1, -0.05) is 6.92 Å². The van der Waals surface area contributed by atoms with Gasteiger partial charge < -0.3 is 5.32 Å². The predicted octanol–water partition coefficient (Wildman–Crippen LogP) is 2.45. The summed E-state index contributed by atoms with van der Waals surface area (Å²) in [6.07, 6.45) is 2.41. The molecule has 0 radical (unpaired) electrons. The molecule has 6 nitrogen and oxygen atoms in total. The van der Waals surface area contributed by atoms with Crippen LogP contribution in [0.5, 0.6) is 0 Å². The van der Waals surface area contributed by atoms with E-state index in [1.54, 1.807) is 13.1 Å². The molecule has 0 bridgehead atoms. The summed E-state index contributed by atoms with van der Waals surface area (Å²) in [5.41, 5.74) is 0. The Morgan fingerprint density at radius 2 is 2.24 bits per heavy atom. The van der Waals surface area contributed by atoms with Gasteiger partial charge in [0, 0.05) is 30.8 Å². The molecule has 116 valence electrons. The number of hydrogen-bond donors (Lipinski definition) is 1. The average Bonchev–Trinajstić information content (AvgIpc) is 2.45. The van der Waals surface area contributed by atoms with Crippen molar-refractivity contribution in [3.8, 4) is 6.07 Å². The van der Waals surface area contributed by atoms with Crippen molar-refractivity contribution >= 4 is 31.8 Å². The van der Waals surface area contributed by atoms with E-state index in [9.17, 15) is 8.42 Å². The maximum atomic E-state index is 12.6. The highest BCUT2D eigenvalue weighted by Crippen LogP contribution is 2.25. The number of rotatable bonds is 7. The number of halogens is 1. The molecule has 0 aromatic carbocycles. The number of aromatic nitrogens is 1. The number of nitrogens with one attached hydrogen (secondary N) is 1. The Morgan fingerprint density at radius 1 is 1.57 bits per heavy atom. The van der Waals surface area contributed by atoms with Crippen LogP contribution < -0.4 is 5.32 Å². The molecule has 0 aliphatic carbocycles. The fourth-order valence-electron chi connectivity index (χ4n) is 1.69. The highest BCUT2D eigenvalue weighted by atomic mass is 79.9. The van der Waals surface area contributed by atoms with Gasteiger partial charge in [0.15, 0.2) is 0 Å². The van der Waals surface area contributed by atoms with Crippen molar-refractivity contribution in [3.05, 3.63) is 16.7 Å². The van der Waals surface area contributed by atoms with Gasteiger partial charge in [0.05, 0.1) is 12.0 Å². The van der Waals surface area contributed by atoms with E-state index in [2.05, 4.69) is 26.2 Å². The third kappa shape index (κ3) is 4.66. The van der Waals surface area contributed by atoms with Gasteiger partial charge in [-0.25, -0.2) is 13.4 Å². The molecule has 1 rings (SSSR count). The molecule has 1 aromatic rings. The fraction of sp³-hybridized carbons (Fsp3) is 0.538. The van der Waals surface area contributed by atoms with Gasteiger partial charge in [0.25, 0.3) is 0 Å². The van der Waals surface area contributed by atoms with Crippen molar-refractivity contribution in [2.24, 2.45) is 5.92 Å². The normalized spacial score (nSPS) is 13.0. The zero-order valence-electron chi connectivity index (χ0n) is 12.3. The fourth-order valence-corrected chi connectivity index (χ4v) is 3.57. The Hall–Kier alpha value is -1.17. The van der Waals surface area contributed by atoms with Crippen molar-refractivity contribution in [1.29, 1.82) is 5.26 Å². The highest BCUT2D eigenvalue weighted by Gasteiger charge is 2.26. The number of nitrogens with zero attached hydrogens (tertiary/aromatic N) is 3. The van der Waals surface area contributed by atoms with E-state index in [0.717, 1.165) is 6.42 Å². The van der Waals surface area contributed by atoms with Gasteiger partial charge in [-0.2, -0.15) is 9.57 Å². The average molecular weight is 375 g/mol. The molecule has 1 heterocycles. The Balaban J connectivity index is 3.17. The molecule has 0 spiro atoms. The van der Waals surface area contributed by atoms with Gasteiger partial charge in [0.2, 0.25) is 10.0 Å². The van der Waals surface area contributed by atoms with Crippen LogP contribution in [0.4, 0.5) is 5.82 Å². The molecular weight excluding hydrogens is 356 g/mol. The van der Waals surface area contributed by atoms with Crippen molar-refractivity contribution in [2.45, 2.75) is 25.2 Å². The van der Waals surface area contributed by atoms with Crippen LogP contribution in [0.2, 0.25) is 0 Å². The summed E-state index contributed by atoms with van der Waals surface area (Å²) < 4.78 is 27.0. The number of hydrogen-bond acceptors (Lipinski definition) is 5. The molecular formula is C13H19BrN4O2S. The molecule has 0 aliphatic rings. The van der Waals surface area contributed by atoms with Crippen molar-refractivity contribution < 1.29 is 8.42 Å². The van der Waals surface area contributed by atoms with Gasteiger partial charge in [-0.15, -0.1) is 0 Å². The molecule has 1 N–H and O–H groups in total. The van der Waals surface area contributed by atoms with E-state index >= 15 is 0 Å². The van der Waals surface area contributed by atoms with E-state index in [0.29, 0.717) is 16.8 Å². The van der Waals surface area contributed by atoms with Crippen LogP contribution in [-0.2, 0) is 10.0 Å². The predicted molar refractivity (Wildman–Crippen MR) is 85.3 cm³/mol. The first-order valence-electron chi connectivity index (χ1n) is 6.58. The molecule has 0 saturated heterocycles. The van der Waals surface area contributed by atoms with Crippen LogP contribution in [0.3, 0.4) is 0 Å². The Labute approximate surface area is 134 Å². The lowest BCUT2D eigenvalue weighted by molar-refractivity contribution is 0.439. The largest absolute Gasteiger partial charge is 0.369 e. The number of sulfonamides is 1. The summed E-state index contributed by atoms with van der Waals surface area (Å²) in [7, 11) is -2.23.